The summed E-state index contributed by atoms with van der Waals surface area (Å²) < 4.78 is 5.47. The van der Waals surface area contributed by atoms with Crippen molar-refractivity contribution >= 4 is 17.0 Å². The zero-order chi connectivity index (χ0) is 14.1. The number of fused-ring (bicyclic) bond motifs is 1. The van der Waals surface area contributed by atoms with Gasteiger partial charge in [-0.3, -0.25) is 0 Å². The van der Waals surface area contributed by atoms with E-state index in [9.17, 15) is 0 Å². The number of benzene rings is 1. The molecule has 0 saturated heterocycles. The van der Waals surface area contributed by atoms with E-state index in [1.54, 1.807) is 0 Å². The smallest absolute Gasteiger partial charge is 0.222 e. The third-order valence-corrected chi connectivity index (χ3v) is 2.90. The Bertz CT molecular complexity index is 731. The molecule has 0 aliphatic heterocycles. The quantitative estimate of drug-likeness (QED) is 0.788. The molecule has 102 valence electrons. The summed E-state index contributed by atoms with van der Waals surface area (Å²) in [5, 5.41) is 3.17. The number of hydrogen-bond acceptors (Lipinski definition) is 5. The monoisotopic (exact) mass is 268 g/mol. The van der Waals surface area contributed by atoms with E-state index in [-0.39, 0.29) is 0 Å². The van der Waals surface area contributed by atoms with Crippen LogP contribution < -0.4 is 5.32 Å². The van der Waals surface area contributed by atoms with Crippen molar-refractivity contribution in [3.05, 3.63) is 36.5 Å². The van der Waals surface area contributed by atoms with Crippen molar-refractivity contribution in [3.63, 3.8) is 0 Å². The number of aromatic nitrogens is 3. The Morgan fingerprint density at radius 2 is 1.85 bits per heavy atom. The van der Waals surface area contributed by atoms with Crippen LogP contribution in [-0.2, 0) is 0 Å². The first kappa shape index (κ1) is 12.6. The van der Waals surface area contributed by atoms with Crippen molar-refractivity contribution in [1.29, 1.82) is 0 Å². The summed E-state index contributed by atoms with van der Waals surface area (Å²) in [4.78, 5) is 13.0. The highest BCUT2D eigenvalue weighted by Gasteiger charge is 2.06. The van der Waals surface area contributed by atoms with Crippen LogP contribution >= 0.6 is 0 Å². The van der Waals surface area contributed by atoms with Crippen LogP contribution in [-0.4, -0.2) is 21.0 Å². The zero-order valence-corrected chi connectivity index (χ0v) is 11.7. The Labute approximate surface area is 117 Å². The van der Waals surface area contributed by atoms with Crippen LogP contribution in [0.25, 0.3) is 22.2 Å². The van der Waals surface area contributed by atoms with Gasteiger partial charge in [-0.15, -0.1) is 0 Å². The normalized spacial score (nSPS) is 11.2. The summed E-state index contributed by atoms with van der Waals surface area (Å²) in [6.45, 7) is 5.95. The molecule has 1 N–H and O–H groups in total. The van der Waals surface area contributed by atoms with E-state index in [0.717, 1.165) is 22.2 Å². The van der Waals surface area contributed by atoms with Crippen LogP contribution in [0.15, 0.2) is 35.0 Å². The minimum atomic E-state index is 0.315. The maximum Gasteiger partial charge on any atom is 0.222 e. The van der Waals surface area contributed by atoms with Gasteiger partial charge in [0.2, 0.25) is 5.95 Å². The minimum absolute atomic E-state index is 0.315. The molecule has 2 aromatic heterocycles. The highest BCUT2D eigenvalue weighted by Crippen LogP contribution is 2.24. The molecule has 0 aliphatic carbocycles. The topological polar surface area (TPSA) is 63.8 Å². The lowest BCUT2D eigenvalue weighted by atomic mass is 10.1. The van der Waals surface area contributed by atoms with Crippen LogP contribution in [0.1, 0.15) is 19.7 Å². The Hall–Kier alpha value is -2.43. The van der Waals surface area contributed by atoms with E-state index in [2.05, 4.69) is 34.1 Å². The number of nitrogens with zero attached hydrogens (tertiary/aromatic N) is 3. The van der Waals surface area contributed by atoms with Gasteiger partial charge in [-0.1, -0.05) is 6.07 Å². The molecule has 20 heavy (non-hydrogen) atoms. The Morgan fingerprint density at radius 1 is 1.10 bits per heavy atom. The molecule has 0 atom stereocenters. The van der Waals surface area contributed by atoms with Crippen LogP contribution in [0, 0.1) is 6.92 Å². The highest BCUT2D eigenvalue weighted by atomic mass is 16.3. The Kier molecular flexibility index (Phi) is 3.10. The number of anilines is 1. The zero-order valence-electron chi connectivity index (χ0n) is 11.7. The molecule has 0 amide bonds. The van der Waals surface area contributed by atoms with Crippen LogP contribution in [0.5, 0.6) is 0 Å². The molecular weight excluding hydrogens is 252 g/mol. The van der Waals surface area contributed by atoms with Gasteiger partial charge in [0.1, 0.15) is 5.52 Å². The molecule has 0 radical (unpaired) electrons. The fourth-order valence-electron chi connectivity index (χ4n) is 2.03. The number of rotatable bonds is 3. The van der Waals surface area contributed by atoms with Gasteiger partial charge in [-0.25, -0.2) is 15.0 Å². The molecule has 0 spiro atoms. The van der Waals surface area contributed by atoms with E-state index in [1.807, 2.05) is 37.5 Å². The summed E-state index contributed by atoms with van der Waals surface area (Å²) in [6.07, 6.45) is 3.62. The van der Waals surface area contributed by atoms with E-state index < -0.39 is 0 Å². The van der Waals surface area contributed by atoms with Crippen molar-refractivity contribution in [2.75, 3.05) is 5.32 Å². The molecule has 0 fully saturated rings. The Balaban J connectivity index is 1.93. The van der Waals surface area contributed by atoms with Crippen LogP contribution in [0.3, 0.4) is 0 Å². The second kappa shape index (κ2) is 4.92. The maximum absolute atomic E-state index is 5.47. The molecule has 0 unspecified atom stereocenters. The fourth-order valence-corrected chi connectivity index (χ4v) is 2.03. The summed E-state index contributed by atoms with van der Waals surface area (Å²) in [5.41, 5.74) is 3.64. The van der Waals surface area contributed by atoms with Crippen molar-refractivity contribution in [2.24, 2.45) is 0 Å². The molecule has 0 aliphatic rings. The maximum atomic E-state index is 5.47. The van der Waals surface area contributed by atoms with Crippen molar-refractivity contribution in [2.45, 2.75) is 26.8 Å². The number of hydrogen-bond donors (Lipinski definition) is 1. The lowest BCUT2D eigenvalue weighted by Gasteiger charge is -2.08. The number of oxazole rings is 1. The van der Waals surface area contributed by atoms with E-state index in [1.165, 1.54) is 0 Å². The highest BCUT2D eigenvalue weighted by molar-refractivity contribution is 5.80. The van der Waals surface area contributed by atoms with Crippen molar-refractivity contribution in [1.82, 2.24) is 15.0 Å². The van der Waals surface area contributed by atoms with Gasteiger partial charge in [0.25, 0.3) is 0 Å². The van der Waals surface area contributed by atoms with Gasteiger partial charge in [0, 0.05) is 30.9 Å². The summed E-state index contributed by atoms with van der Waals surface area (Å²) >= 11 is 0. The lowest BCUT2D eigenvalue weighted by Crippen LogP contribution is -2.12. The van der Waals surface area contributed by atoms with E-state index in [0.29, 0.717) is 17.9 Å². The second-order valence-electron chi connectivity index (χ2n) is 5.01. The average Bonchev–Trinajstić information content (AvgIpc) is 2.78. The molecular formula is C15H16N4O. The second-order valence-corrected chi connectivity index (χ2v) is 5.01. The first-order valence-corrected chi connectivity index (χ1v) is 6.58. The average molecular weight is 268 g/mol. The fraction of sp³-hybridized carbons (Fsp3) is 0.267. The first-order valence-electron chi connectivity index (χ1n) is 6.58. The van der Waals surface area contributed by atoms with Gasteiger partial charge in [-0.2, -0.15) is 0 Å². The molecule has 5 nitrogen and oxygen atoms in total. The molecule has 0 saturated carbocycles. The summed E-state index contributed by atoms with van der Waals surface area (Å²) in [7, 11) is 0. The van der Waals surface area contributed by atoms with Crippen LogP contribution in [0.4, 0.5) is 5.95 Å². The van der Waals surface area contributed by atoms with Crippen molar-refractivity contribution < 1.29 is 4.42 Å². The van der Waals surface area contributed by atoms with E-state index in [4.69, 9.17) is 4.42 Å². The van der Waals surface area contributed by atoms with E-state index >= 15 is 0 Å². The molecule has 5 heteroatoms. The van der Waals surface area contributed by atoms with Gasteiger partial charge in [0.15, 0.2) is 11.5 Å². The minimum Gasteiger partial charge on any atom is -0.441 e. The van der Waals surface area contributed by atoms with Gasteiger partial charge in [-0.05, 0) is 31.5 Å². The van der Waals surface area contributed by atoms with Gasteiger partial charge in [0.05, 0.1) is 0 Å². The standard InChI is InChI=1S/C15H16N4O/c1-9(2)18-15-16-7-12(8-17-15)11-4-5-14-13(6-11)19-10(3)20-14/h4-9H,1-3H3,(H,16,17,18). The van der Waals surface area contributed by atoms with Crippen LogP contribution in [0.2, 0.25) is 0 Å². The third-order valence-electron chi connectivity index (χ3n) is 2.90. The predicted molar refractivity (Wildman–Crippen MR) is 78.5 cm³/mol. The van der Waals surface area contributed by atoms with Crippen molar-refractivity contribution in [3.8, 4) is 11.1 Å². The first-order chi connectivity index (χ1) is 9.61. The Morgan fingerprint density at radius 3 is 2.55 bits per heavy atom. The predicted octanol–water partition coefficient (Wildman–Crippen LogP) is 3.41. The largest absolute Gasteiger partial charge is 0.441 e. The summed E-state index contributed by atoms with van der Waals surface area (Å²) in [5.74, 6) is 1.31. The molecule has 0 bridgehead atoms. The summed E-state index contributed by atoms with van der Waals surface area (Å²) in [6, 6.07) is 6.21. The third kappa shape index (κ3) is 2.47. The lowest BCUT2D eigenvalue weighted by molar-refractivity contribution is 0.561. The molecule has 2 heterocycles. The number of nitrogens with one attached hydrogen (secondary N) is 1. The molecule has 3 aromatic rings. The van der Waals surface area contributed by atoms with Gasteiger partial charge >= 0.3 is 0 Å². The molecule has 1 aromatic carbocycles. The van der Waals surface area contributed by atoms with Gasteiger partial charge < -0.3 is 9.73 Å². The molecule has 3 rings (SSSR count). The SMILES string of the molecule is Cc1nc2cc(-c3cnc(NC(C)C)nc3)ccc2o1. The number of aryl methyl sites for hydroxylation is 1.